The normalized spacial score (nSPS) is 22.9. The summed E-state index contributed by atoms with van der Waals surface area (Å²) >= 11 is 0. The Morgan fingerprint density at radius 3 is 2.89 bits per heavy atom. The molecule has 0 radical (unpaired) electrons. The molecule has 2 unspecified atom stereocenters. The maximum Gasteiger partial charge on any atom is 0.411 e. The van der Waals surface area contributed by atoms with Crippen molar-refractivity contribution in [1.29, 1.82) is 0 Å². The van der Waals surface area contributed by atoms with Gasteiger partial charge in [-0.25, -0.2) is 4.79 Å². The quantitative estimate of drug-likeness (QED) is 0.816. The van der Waals surface area contributed by atoms with Crippen molar-refractivity contribution in [2.24, 2.45) is 0 Å². The second kappa shape index (κ2) is 7.32. The summed E-state index contributed by atoms with van der Waals surface area (Å²) in [6.45, 7) is 2.10. The molecule has 0 aliphatic carbocycles. The molecule has 5 heteroatoms. The highest BCUT2D eigenvalue weighted by Gasteiger charge is 2.39. The molecule has 3 heterocycles. The number of amides is 1. The van der Waals surface area contributed by atoms with E-state index in [1.54, 1.807) is 0 Å². The average molecular weight is 377 g/mol. The van der Waals surface area contributed by atoms with E-state index in [4.69, 9.17) is 14.2 Å². The van der Waals surface area contributed by atoms with Crippen LogP contribution < -0.4 is 4.74 Å². The maximum atomic E-state index is 12.8. The van der Waals surface area contributed by atoms with E-state index in [1.807, 2.05) is 35.2 Å². The Balaban J connectivity index is 1.33. The molecule has 0 aromatic heterocycles. The third-order valence-corrected chi connectivity index (χ3v) is 5.67. The summed E-state index contributed by atoms with van der Waals surface area (Å²) in [6, 6.07) is 16.1. The zero-order chi connectivity index (χ0) is 18.9. The second-order valence-electron chi connectivity index (χ2n) is 7.52. The van der Waals surface area contributed by atoms with Crippen molar-refractivity contribution in [2.75, 3.05) is 19.8 Å². The van der Waals surface area contributed by atoms with Crippen LogP contribution in [0.2, 0.25) is 0 Å². The van der Waals surface area contributed by atoms with E-state index in [9.17, 15) is 4.79 Å². The van der Waals surface area contributed by atoms with Crippen LogP contribution in [0.25, 0.3) is 5.57 Å². The molecule has 5 nitrogen and oxygen atoms in total. The molecule has 144 valence electrons. The summed E-state index contributed by atoms with van der Waals surface area (Å²) in [5.41, 5.74) is 4.76. The summed E-state index contributed by atoms with van der Waals surface area (Å²) < 4.78 is 16.9. The van der Waals surface area contributed by atoms with E-state index >= 15 is 0 Å². The monoisotopic (exact) mass is 377 g/mol. The van der Waals surface area contributed by atoms with E-state index in [0.29, 0.717) is 13.2 Å². The van der Waals surface area contributed by atoms with E-state index in [0.717, 1.165) is 30.8 Å². The topological polar surface area (TPSA) is 48.0 Å². The fraction of sp³-hybridized carbons (Fsp3) is 0.348. The molecular weight excluding hydrogens is 354 g/mol. The molecule has 0 N–H and O–H groups in total. The first kappa shape index (κ1) is 17.3. The number of benzene rings is 2. The van der Waals surface area contributed by atoms with Gasteiger partial charge in [-0.15, -0.1) is 0 Å². The van der Waals surface area contributed by atoms with Crippen molar-refractivity contribution in [2.45, 2.75) is 31.5 Å². The maximum absolute atomic E-state index is 12.8. The number of carbonyl (C=O) groups excluding carboxylic acids is 1. The predicted molar refractivity (Wildman–Crippen MR) is 105 cm³/mol. The van der Waals surface area contributed by atoms with Crippen molar-refractivity contribution in [3.05, 3.63) is 71.3 Å². The van der Waals surface area contributed by atoms with Crippen LogP contribution in [0.1, 0.15) is 23.1 Å². The number of hydrogen-bond acceptors (Lipinski definition) is 4. The predicted octanol–water partition coefficient (Wildman–Crippen LogP) is 3.81. The van der Waals surface area contributed by atoms with Crippen molar-refractivity contribution >= 4 is 11.7 Å². The van der Waals surface area contributed by atoms with Gasteiger partial charge in [-0.05, 0) is 40.8 Å². The van der Waals surface area contributed by atoms with Gasteiger partial charge in [-0.2, -0.15) is 0 Å². The largest absolute Gasteiger partial charge is 0.493 e. The molecule has 28 heavy (non-hydrogen) atoms. The van der Waals surface area contributed by atoms with Gasteiger partial charge in [0.2, 0.25) is 0 Å². The first-order chi connectivity index (χ1) is 13.8. The van der Waals surface area contributed by atoms with Crippen LogP contribution in [0.5, 0.6) is 5.75 Å². The highest BCUT2D eigenvalue weighted by Crippen LogP contribution is 2.35. The van der Waals surface area contributed by atoms with Crippen LogP contribution in [0.4, 0.5) is 4.79 Å². The minimum absolute atomic E-state index is 0.00604. The van der Waals surface area contributed by atoms with E-state index in [1.165, 1.54) is 16.7 Å². The highest BCUT2D eigenvalue weighted by molar-refractivity contribution is 5.75. The van der Waals surface area contributed by atoms with E-state index < -0.39 is 0 Å². The minimum atomic E-state index is -0.264. The fourth-order valence-corrected chi connectivity index (χ4v) is 4.27. The number of ether oxygens (including phenoxy) is 3. The van der Waals surface area contributed by atoms with Gasteiger partial charge in [0.25, 0.3) is 0 Å². The lowest BCUT2D eigenvalue weighted by atomic mass is 9.89. The molecule has 1 saturated heterocycles. The SMILES string of the molecule is O=C(OCc1ccccc1)N1C2C=C(c3ccc4c(c3)CCO4)CC1COC2. The average Bonchev–Trinajstić information content (AvgIpc) is 3.19. The van der Waals surface area contributed by atoms with Crippen LogP contribution in [-0.2, 0) is 22.5 Å². The van der Waals surface area contributed by atoms with Gasteiger partial charge < -0.3 is 14.2 Å². The smallest absolute Gasteiger partial charge is 0.411 e. The van der Waals surface area contributed by atoms with Gasteiger partial charge in [0, 0.05) is 6.42 Å². The molecule has 2 atom stereocenters. The molecule has 3 aliphatic heterocycles. The fourth-order valence-electron chi connectivity index (χ4n) is 4.27. The van der Waals surface area contributed by atoms with Gasteiger partial charge in [-0.3, -0.25) is 4.90 Å². The number of hydrogen-bond donors (Lipinski definition) is 0. The number of nitrogens with zero attached hydrogens (tertiary/aromatic N) is 1. The number of carbonyl (C=O) groups is 1. The van der Waals surface area contributed by atoms with Crippen molar-refractivity contribution in [3.8, 4) is 5.75 Å². The summed E-state index contributed by atoms with van der Waals surface area (Å²) in [5, 5.41) is 0. The van der Waals surface area contributed by atoms with Crippen LogP contribution in [0.3, 0.4) is 0 Å². The Kier molecular flexibility index (Phi) is 4.53. The van der Waals surface area contributed by atoms with Crippen LogP contribution in [0.15, 0.2) is 54.6 Å². The summed E-state index contributed by atoms with van der Waals surface area (Å²) in [6.07, 6.45) is 3.64. The van der Waals surface area contributed by atoms with Gasteiger partial charge in [-0.1, -0.05) is 42.5 Å². The number of fused-ring (bicyclic) bond motifs is 3. The molecule has 3 aliphatic rings. The zero-order valence-electron chi connectivity index (χ0n) is 15.7. The van der Waals surface area contributed by atoms with Crippen molar-refractivity contribution in [1.82, 2.24) is 4.90 Å². The molecule has 1 fully saturated rings. The second-order valence-corrected chi connectivity index (χ2v) is 7.52. The van der Waals surface area contributed by atoms with Gasteiger partial charge in [0.1, 0.15) is 12.4 Å². The third-order valence-electron chi connectivity index (χ3n) is 5.67. The third kappa shape index (κ3) is 3.27. The Labute approximate surface area is 164 Å². The molecule has 5 rings (SSSR count). The zero-order valence-corrected chi connectivity index (χ0v) is 15.7. The van der Waals surface area contributed by atoms with E-state index in [2.05, 4.69) is 24.3 Å². The lowest BCUT2D eigenvalue weighted by molar-refractivity contribution is -0.0342. The Hall–Kier alpha value is -2.79. The minimum Gasteiger partial charge on any atom is -0.493 e. The number of rotatable bonds is 3. The molecular formula is C23H23NO4. The van der Waals surface area contributed by atoms with Crippen molar-refractivity contribution < 1.29 is 19.0 Å². The van der Waals surface area contributed by atoms with Crippen LogP contribution >= 0.6 is 0 Å². The molecule has 2 aromatic rings. The van der Waals surface area contributed by atoms with E-state index in [-0.39, 0.29) is 24.8 Å². The van der Waals surface area contributed by atoms with Crippen LogP contribution in [-0.4, -0.2) is 42.9 Å². The first-order valence-corrected chi connectivity index (χ1v) is 9.81. The summed E-state index contributed by atoms with van der Waals surface area (Å²) in [4.78, 5) is 14.6. The standard InChI is InChI=1S/C23H23NO4/c25-23(28-13-16-4-2-1-3-5-16)24-20-11-19(12-21(24)15-26-14-20)17-6-7-22-18(10-17)8-9-27-22/h1-7,10-11,20-21H,8-9,12-15H2. The molecule has 2 bridgehead atoms. The van der Waals surface area contributed by atoms with Gasteiger partial charge >= 0.3 is 6.09 Å². The lowest BCUT2D eigenvalue weighted by Gasteiger charge is -2.43. The first-order valence-electron chi connectivity index (χ1n) is 9.81. The molecule has 0 saturated carbocycles. The molecule has 2 aromatic carbocycles. The summed E-state index contributed by atoms with van der Waals surface area (Å²) in [5.74, 6) is 0.995. The van der Waals surface area contributed by atoms with Crippen LogP contribution in [0, 0.1) is 0 Å². The molecule has 1 amide bonds. The Morgan fingerprint density at radius 1 is 1.14 bits per heavy atom. The highest BCUT2D eigenvalue weighted by atomic mass is 16.6. The molecule has 0 spiro atoms. The number of morpholine rings is 1. The van der Waals surface area contributed by atoms with Crippen molar-refractivity contribution in [3.63, 3.8) is 0 Å². The Bertz CT molecular complexity index is 908. The summed E-state index contributed by atoms with van der Waals surface area (Å²) in [7, 11) is 0. The Morgan fingerprint density at radius 2 is 2.04 bits per heavy atom. The lowest BCUT2D eigenvalue weighted by Crippen LogP contribution is -2.56. The van der Waals surface area contributed by atoms with Gasteiger partial charge in [0.15, 0.2) is 0 Å². The van der Waals surface area contributed by atoms with Gasteiger partial charge in [0.05, 0.1) is 31.9 Å².